The number of rotatable bonds is 5. The highest BCUT2D eigenvalue weighted by atomic mass is 16.4. The molecule has 1 amide bonds. The van der Waals surface area contributed by atoms with Gasteiger partial charge in [-0.1, -0.05) is 73.9 Å². The van der Waals surface area contributed by atoms with Crippen molar-refractivity contribution in [2.45, 2.75) is 44.6 Å². The fourth-order valence-electron chi connectivity index (χ4n) is 3.26. The van der Waals surface area contributed by atoms with Gasteiger partial charge in [0, 0.05) is 19.5 Å². The molecule has 0 aliphatic heterocycles. The molecule has 2 N–H and O–H groups in total. The van der Waals surface area contributed by atoms with Crippen molar-refractivity contribution < 1.29 is 14.7 Å². The molecular formula is C23H28N2O3. The molecule has 0 heterocycles. The number of benzene rings is 2. The molecule has 0 radical (unpaired) electrons. The highest BCUT2D eigenvalue weighted by Crippen LogP contribution is 2.19. The third kappa shape index (κ3) is 7.74. The molecule has 0 aromatic heterocycles. The maximum atomic E-state index is 11.4. The minimum atomic E-state index is -0.882. The van der Waals surface area contributed by atoms with E-state index >= 15 is 0 Å². The number of nitrogens with one attached hydrogen (secondary N) is 1. The fraction of sp³-hybridized carbons (Fsp3) is 0.348. The maximum Gasteiger partial charge on any atom is 0.404 e. The molecule has 5 nitrogen and oxygen atoms in total. The molecule has 1 fully saturated rings. The van der Waals surface area contributed by atoms with Crippen LogP contribution >= 0.6 is 0 Å². The molecule has 2 aromatic carbocycles. The van der Waals surface area contributed by atoms with Gasteiger partial charge in [0.15, 0.2) is 5.78 Å². The second-order valence-electron chi connectivity index (χ2n) is 6.88. The van der Waals surface area contributed by atoms with Gasteiger partial charge in [-0.15, -0.1) is 0 Å². The number of Topliss-reactive ketones (excluding diaryl/α,β-unsaturated/α-hetero) is 1. The normalized spacial score (nSPS) is 14.2. The van der Waals surface area contributed by atoms with Crippen LogP contribution in [0.3, 0.4) is 0 Å². The summed E-state index contributed by atoms with van der Waals surface area (Å²) >= 11 is 0. The Kier molecular flexibility index (Phi) is 8.92. The Labute approximate surface area is 166 Å². The van der Waals surface area contributed by atoms with Crippen molar-refractivity contribution in [1.82, 2.24) is 5.32 Å². The minimum Gasteiger partial charge on any atom is -0.465 e. The second-order valence-corrected chi connectivity index (χ2v) is 6.88. The molecule has 28 heavy (non-hydrogen) atoms. The SMILES string of the molecule is CN=CC(=O)Cc1ccc(-c2ccccc2)cc1.O=C(O)NC1CCCCC1. The van der Waals surface area contributed by atoms with Crippen LogP contribution in [-0.2, 0) is 11.2 Å². The Bertz CT molecular complexity index is 764. The van der Waals surface area contributed by atoms with E-state index in [1.807, 2.05) is 42.5 Å². The van der Waals surface area contributed by atoms with Crippen LogP contribution in [0.1, 0.15) is 37.7 Å². The molecule has 0 unspecified atom stereocenters. The van der Waals surface area contributed by atoms with Crippen molar-refractivity contribution in [3.63, 3.8) is 0 Å². The summed E-state index contributed by atoms with van der Waals surface area (Å²) in [6.07, 6.45) is 6.54. The molecular weight excluding hydrogens is 352 g/mol. The number of carbonyl (C=O) groups is 2. The summed E-state index contributed by atoms with van der Waals surface area (Å²) in [5.74, 6) is 0.0324. The van der Waals surface area contributed by atoms with E-state index in [-0.39, 0.29) is 11.8 Å². The summed E-state index contributed by atoms with van der Waals surface area (Å²) in [5.41, 5.74) is 3.36. The van der Waals surface area contributed by atoms with Gasteiger partial charge in [-0.25, -0.2) is 4.79 Å². The highest BCUT2D eigenvalue weighted by Gasteiger charge is 2.14. The lowest BCUT2D eigenvalue weighted by Crippen LogP contribution is -2.34. The van der Waals surface area contributed by atoms with Gasteiger partial charge in [0.05, 0.1) is 6.21 Å². The van der Waals surface area contributed by atoms with E-state index in [1.54, 1.807) is 7.05 Å². The monoisotopic (exact) mass is 380 g/mol. The van der Waals surface area contributed by atoms with Crippen molar-refractivity contribution >= 4 is 18.1 Å². The first-order chi connectivity index (χ1) is 13.6. The zero-order valence-corrected chi connectivity index (χ0v) is 16.3. The molecule has 1 saturated carbocycles. The molecule has 0 atom stereocenters. The van der Waals surface area contributed by atoms with E-state index in [4.69, 9.17) is 5.11 Å². The van der Waals surface area contributed by atoms with E-state index in [0.717, 1.165) is 24.0 Å². The van der Waals surface area contributed by atoms with Gasteiger partial charge in [0.25, 0.3) is 0 Å². The molecule has 5 heteroatoms. The topological polar surface area (TPSA) is 78.8 Å². The minimum absolute atomic E-state index is 0.0324. The predicted molar refractivity (Wildman–Crippen MR) is 113 cm³/mol. The summed E-state index contributed by atoms with van der Waals surface area (Å²) in [6, 6.07) is 18.5. The highest BCUT2D eigenvalue weighted by molar-refractivity contribution is 6.28. The standard InChI is InChI=1S/C16H15NO.C7H13NO2/c1-17-12-16(18)11-13-7-9-15(10-8-13)14-5-3-2-4-6-14;9-7(10)8-6-4-2-1-3-5-6/h2-10,12H,11H2,1H3;6,8H,1-5H2,(H,9,10). The number of nitrogens with zero attached hydrogens (tertiary/aromatic N) is 1. The van der Waals surface area contributed by atoms with Gasteiger partial charge < -0.3 is 10.4 Å². The number of hydrogen-bond donors (Lipinski definition) is 2. The zero-order valence-electron chi connectivity index (χ0n) is 16.3. The number of amides is 1. The van der Waals surface area contributed by atoms with Crippen molar-refractivity contribution in [3.8, 4) is 11.1 Å². The summed E-state index contributed by atoms with van der Waals surface area (Å²) in [4.78, 5) is 25.3. The van der Waals surface area contributed by atoms with Crippen molar-refractivity contribution in [2.75, 3.05) is 7.05 Å². The quantitative estimate of drug-likeness (QED) is 0.735. The molecule has 3 rings (SSSR count). The Morgan fingerprint density at radius 3 is 2.18 bits per heavy atom. The average molecular weight is 380 g/mol. The van der Waals surface area contributed by atoms with Crippen LogP contribution in [0.5, 0.6) is 0 Å². The van der Waals surface area contributed by atoms with Crippen molar-refractivity contribution in [2.24, 2.45) is 4.99 Å². The molecule has 1 aliphatic rings. The van der Waals surface area contributed by atoms with Crippen LogP contribution < -0.4 is 5.32 Å². The largest absolute Gasteiger partial charge is 0.465 e. The number of hydrogen-bond acceptors (Lipinski definition) is 3. The number of aliphatic imine (C=N–C) groups is 1. The number of carbonyl (C=O) groups excluding carboxylic acids is 1. The summed E-state index contributed by atoms with van der Waals surface area (Å²) < 4.78 is 0. The molecule has 0 bridgehead atoms. The Morgan fingerprint density at radius 2 is 1.61 bits per heavy atom. The third-order valence-electron chi connectivity index (χ3n) is 4.65. The summed E-state index contributed by atoms with van der Waals surface area (Å²) in [5, 5.41) is 10.9. The van der Waals surface area contributed by atoms with E-state index in [2.05, 4.69) is 22.4 Å². The second kappa shape index (κ2) is 11.7. The van der Waals surface area contributed by atoms with Gasteiger partial charge >= 0.3 is 6.09 Å². The third-order valence-corrected chi connectivity index (χ3v) is 4.65. The van der Waals surface area contributed by atoms with Crippen LogP contribution in [0, 0.1) is 0 Å². The van der Waals surface area contributed by atoms with Gasteiger partial charge in [-0.2, -0.15) is 0 Å². The first-order valence-corrected chi connectivity index (χ1v) is 9.67. The molecule has 0 spiro atoms. The predicted octanol–water partition coefficient (Wildman–Crippen LogP) is 4.75. The molecule has 1 aliphatic carbocycles. The molecule has 0 saturated heterocycles. The number of carboxylic acid groups (broad SMARTS) is 1. The van der Waals surface area contributed by atoms with Crippen molar-refractivity contribution in [3.05, 3.63) is 60.2 Å². The van der Waals surface area contributed by atoms with Gasteiger partial charge in [0.2, 0.25) is 0 Å². The van der Waals surface area contributed by atoms with Crippen LogP contribution in [0.15, 0.2) is 59.6 Å². The number of ketones is 1. The smallest absolute Gasteiger partial charge is 0.404 e. The van der Waals surface area contributed by atoms with E-state index in [1.165, 1.54) is 31.0 Å². The van der Waals surface area contributed by atoms with Crippen LogP contribution in [0.25, 0.3) is 11.1 Å². The average Bonchev–Trinajstić information content (AvgIpc) is 2.70. The van der Waals surface area contributed by atoms with Crippen LogP contribution in [-0.4, -0.2) is 36.3 Å². The lowest BCUT2D eigenvalue weighted by atomic mass is 9.96. The fourth-order valence-corrected chi connectivity index (χ4v) is 3.26. The lowest BCUT2D eigenvalue weighted by molar-refractivity contribution is -0.112. The van der Waals surface area contributed by atoms with E-state index in [0.29, 0.717) is 6.42 Å². The summed E-state index contributed by atoms with van der Waals surface area (Å²) in [6.45, 7) is 0. The zero-order chi connectivity index (χ0) is 20.2. The van der Waals surface area contributed by atoms with Gasteiger partial charge in [0.1, 0.15) is 0 Å². The van der Waals surface area contributed by atoms with E-state index < -0.39 is 6.09 Å². The Balaban J connectivity index is 0.000000237. The molecule has 2 aromatic rings. The van der Waals surface area contributed by atoms with E-state index in [9.17, 15) is 9.59 Å². The first-order valence-electron chi connectivity index (χ1n) is 9.67. The maximum absolute atomic E-state index is 11.4. The Hall–Kier alpha value is -2.95. The van der Waals surface area contributed by atoms with Crippen molar-refractivity contribution in [1.29, 1.82) is 0 Å². The lowest BCUT2D eigenvalue weighted by Gasteiger charge is -2.20. The first kappa shape index (κ1) is 21.4. The summed E-state index contributed by atoms with van der Waals surface area (Å²) in [7, 11) is 1.61. The van der Waals surface area contributed by atoms with Crippen LogP contribution in [0.2, 0.25) is 0 Å². The van der Waals surface area contributed by atoms with Gasteiger partial charge in [-0.05, 0) is 29.5 Å². The van der Waals surface area contributed by atoms with Crippen LogP contribution in [0.4, 0.5) is 4.79 Å². The molecule has 148 valence electrons. The Morgan fingerprint density at radius 1 is 1.00 bits per heavy atom. The van der Waals surface area contributed by atoms with Gasteiger partial charge in [-0.3, -0.25) is 9.79 Å².